The second-order valence-electron chi connectivity index (χ2n) is 10.8. The van der Waals surface area contributed by atoms with E-state index in [0.717, 1.165) is 0 Å². The minimum Gasteiger partial charge on any atom is -0.444 e. The molecule has 0 saturated carbocycles. The van der Waals surface area contributed by atoms with Gasteiger partial charge in [-0.25, -0.2) is 19.2 Å². The van der Waals surface area contributed by atoms with Gasteiger partial charge in [0.15, 0.2) is 23.0 Å². The van der Waals surface area contributed by atoms with Crippen LogP contribution in [0.3, 0.4) is 0 Å². The molecule has 12 nitrogen and oxygen atoms in total. The van der Waals surface area contributed by atoms with Crippen LogP contribution >= 0.6 is 0 Å². The predicted molar refractivity (Wildman–Crippen MR) is 142 cm³/mol. The van der Waals surface area contributed by atoms with Crippen LogP contribution < -0.4 is 10.2 Å². The topological polar surface area (TPSA) is 131 Å². The number of hydrogen-bond acceptors (Lipinski definition) is 9. The SMILES string of the molecule is Cc1cn2cc(NC(=O)c3nnc(N4C[C@@H](C)N(C(=O)OC(C)(C)C)[C@@H](C)C4)c4nccnc34)cc(F)c2n1. The minimum atomic E-state index is -0.605. The average Bonchev–Trinajstić information content (AvgIpc) is 3.22. The average molecular weight is 536 g/mol. The molecule has 0 bridgehead atoms. The first-order valence-corrected chi connectivity index (χ1v) is 12.6. The summed E-state index contributed by atoms with van der Waals surface area (Å²) in [6.07, 6.45) is 5.85. The monoisotopic (exact) mass is 535 g/mol. The van der Waals surface area contributed by atoms with Crippen LogP contribution in [0.5, 0.6) is 0 Å². The van der Waals surface area contributed by atoms with Gasteiger partial charge >= 0.3 is 6.09 Å². The maximum Gasteiger partial charge on any atom is 0.410 e. The highest BCUT2D eigenvalue weighted by Gasteiger charge is 2.37. The number of hydrogen-bond donors (Lipinski definition) is 1. The number of imidazole rings is 1. The lowest BCUT2D eigenvalue weighted by Gasteiger charge is -2.44. The van der Waals surface area contributed by atoms with Crippen molar-refractivity contribution in [3.05, 3.63) is 48.1 Å². The van der Waals surface area contributed by atoms with E-state index in [4.69, 9.17) is 4.74 Å². The molecule has 4 aromatic heterocycles. The molecule has 0 radical (unpaired) electrons. The van der Waals surface area contributed by atoms with Crippen LogP contribution in [0.15, 0.2) is 30.9 Å². The molecular formula is C26H30FN9O3. The van der Waals surface area contributed by atoms with Crippen molar-refractivity contribution in [2.45, 2.75) is 59.2 Å². The first-order chi connectivity index (χ1) is 18.4. The zero-order valence-electron chi connectivity index (χ0n) is 22.6. The number of rotatable bonds is 3. The summed E-state index contributed by atoms with van der Waals surface area (Å²) >= 11 is 0. The molecule has 204 valence electrons. The summed E-state index contributed by atoms with van der Waals surface area (Å²) in [5.41, 5.74) is 1.06. The third-order valence-corrected chi connectivity index (χ3v) is 6.30. The third kappa shape index (κ3) is 5.16. The van der Waals surface area contributed by atoms with Gasteiger partial charge in [-0.3, -0.25) is 14.7 Å². The van der Waals surface area contributed by atoms with Gasteiger partial charge < -0.3 is 19.4 Å². The molecule has 0 aromatic carbocycles. The van der Waals surface area contributed by atoms with Crippen molar-refractivity contribution in [2.24, 2.45) is 0 Å². The highest BCUT2D eigenvalue weighted by molar-refractivity contribution is 6.10. The van der Waals surface area contributed by atoms with E-state index in [1.165, 1.54) is 22.9 Å². The fourth-order valence-electron chi connectivity index (χ4n) is 4.84. The van der Waals surface area contributed by atoms with Crippen LogP contribution in [0.4, 0.5) is 20.7 Å². The molecule has 1 N–H and O–H groups in total. The second kappa shape index (κ2) is 9.71. The first-order valence-electron chi connectivity index (χ1n) is 12.6. The van der Waals surface area contributed by atoms with Crippen molar-refractivity contribution < 1.29 is 18.7 Å². The molecule has 4 aromatic rings. The number of nitrogens with one attached hydrogen (secondary N) is 1. The fourth-order valence-corrected chi connectivity index (χ4v) is 4.84. The van der Waals surface area contributed by atoms with E-state index in [1.54, 1.807) is 24.2 Å². The third-order valence-electron chi connectivity index (χ3n) is 6.30. The largest absolute Gasteiger partial charge is 0.444 e. The number of amides is 2. The second-order valence-corrected chi connectivity index (χ2v) is 10.8. The Hall–Kier alpha value is -4.42. The normalized spacial score (nSPS) is 18.0. The Balaban J connectivity index is 1.42. The van der Waals surface area contributed by atoms with E-state index in [-0.39, 0.29) is 40.7 Å². The van der Waals surface area contributed by atoms with Gasteiger partial charge in [-0.1, -0.05) is 0 Å². The molecule has 5 rings (SSSR count). The lowest BCUT2D eigenvalue weighted by atomic mass is 10.1. The lowest BCUT2D eigenvalue weighted by molar-refractivity contribution is 0.00560. The zero-order chi connectivity index (χ0) is 28.1. The molecule has 1 saturated heterocycles. The van der Waals surface area contributed by atoms with Crippen LogP contribution in [-0.4, -0.2) is 77.2 Å². The number of carbonyl (C=O) groups is 2. The maximum absolute atomic E-state index is 14.5. The van der Waals surface area contributed by atoms with Crippen LogP contribution in [0, 0.1) is 12.7 Å². The molecule has 1 fully saturated rings. The van der Waals surface area contributed by atoms with Crippen LogP contribution in [-0.2, 0) is 4.74 Å². The van der Waals surface area contributed by atoms with E-state index in [1.807, 2.05) is 39.5 Å². The number of fused-ring (bicyclic) bond motifs is 2. The number of halogens is 1. The minimum absolute atomic E-state index is 0.0438. The number of nitrogens with zero attached hydrogens (tertiary/aromatic N) is 8. The Labute approximate surface area is 224 Å². The van der Waals surface area contributed by atoms with Gasteiger partial charge in [0.05, 0.1) is 23.5 Å². The molecule has 0 spiro atoms. The number of ether oxygens (including phenoxy) is 1. The molecule has 39 heavy (non-hydrogen) atoms. The number of aromatic nitrogens is 6. The molecule has 0 unspecified atom stereocenters. The quantitative estimate of drug-likeness (QED) is 0.418. The van der Waals surface area contributed by atoms with Gasteiger partial charge in [-0.05, 0) is 41.5 Å². The molecular weight excluding hydrogens is 505 g/mol. The number of carbonyl (C=O) groups excluding carboxylic acids is 2. The summed E-state index contributed by atoms with van der Waals surface area (Å²) < 4.78 is 21.6. The van der Waals surface area contributed by atoms with Crippen LogP contribution in [0.2, 0.25) is 0 Å². The summed E-state index contributed by atoms with van der Waals surface area (Å²) in [4.78, 5) is 42.7. The molecule has 5 heterocycles. The van der Waals surface area contributed by atoms with Gasteiger partial charge in [-0.2, -0.15) is 0 Å². The Bertz CT molecular complexity index is 1570. The fraction of sp³-hybridized carbons (Fsp3) is 0.423. The molecule has 1 aliphatic rings. The van der Waals surface area contributed by atoms with Crippen molar-refractivity contribution in [1.29, 1.82) is 0 Å². The number of aryl methyl sites for hydroxylation is 1. The molecule has 1 aliphatic heterocycles. The van der Waals surface area contributed by atoms with Crippen molar-refractivity contribution >= 4 is 40.2 Å². The number of pyridine rings is 1. The van der Waals surface area contributed by atoms with E-state index in [2.05, 4.69) is 30.5 Å². The molecule has 13 heteroatoms. The first kappa shape index (κ1) is 26.2. The Kier molecular flexibility index (Phi) is 6.52. The Morgan fingerprint density at radius 2 is 1.72 bits per heavy atom. The van der Waals surface area contributed by atoms with Crippen molar-refractivity contribution in [3.8, 4) is 0 Å². The van der Waals surface area contributed by atoms with Crippen molar-refractivity contribution in [3.63, 3.8) is 0 Å². The lowest BCUT2D eigenvalue weighted by Crippen LogP contribution is -2.59. The summed E-state index contributed by atoms with van der Waals surface area (Å²) in [5, 5.41) is 11.2. The van der Waals surface area contributed by atoms with E-state index < -0.39 is 17.3 Å². The van der Waals surface area contributed by atoms with Crippen LogP contribution in [0.25, 0.3) is 16.7 Å². The van der Waals surface area contributed by atoms with Gasteiger partial charge in [0, 0.05) is 43.9 Å². The highest BCUT2D eigenvalue weighted by atomic mass is 19.1. The van der Waals surface area contributed by atoms with Crippen LogP contribution in [0.1, 0.15) is 50.8 Å². The number of piperazine rings is 1. The van der Waals surface area contributed by atoms with Gasteiger partial charge in [0.1, 0.15) is 16.6 Å². The summed E-state index contributed by atoms with van der Waals surface area (Å²) in [6, 6.07) is 0.830. The van der Waals surface area contributed by atoms with E-state index >= 15 is 0 Å². The summed E-state index contributed by atoms with van der Waals surface area (Å²) in [7, 11) is 0. The Morgan fingerprint density at radius 3 is 2.38 bits per heavy atom. The standard InChI is InChI=1S/C26H30FN9O3/c1-14-10-34-13-17(9-18(27)22(34)30-14)31-24(37)21-19-20(29-8-7-28-19)23(33-32-21)35-11-15(2)36(16(3)12-35)25(38)39-26(4,5)6/h7-10,13,15-16H,11-12H2,1-6H3,(H,31,37)/t15-,16+. The van der Waals surface area contributed by atoms with Crippen molar-refractivity contribution in [1.82, 2.24) is 34.4 Å². The molecule has 0 aliphatic carbocycles. The Morgan fingerprint density at radius 1 is 1.05 bits per heavy atom. The highest BCUT2D eigenvalue weighted by Crippen LogP contribution is 2.28. The summed E-state index contributed by atoms with van der Waals surface area (Å²) in [5.74, 6) is -0.717. The predicted octanol–water partition coefficient (Wildman–Crippen LogP) is 3.60. The smallest absolute Gasteiger partial charge is 0.410 e. The van der Waals surface area contributed by atoms with E-state index in [9.17, 15) is 14.0 Å². The van der Waals surface area contributed by atoms with E-state index in [0.29, 0.717) is 30.1 Å². The van der Waals surface area contributed by atoms with Gasteiger partial charge in [0.2, 0.25) is 0 Å². The van der Waals surface area contributed by atoms with Gasteiger partial charge in [0.25, 0.3) is 5.91 Å². The van der Waals surface area contributed by atoms with Gasteiger partial charge in [-0.15, -0.1) is 10.2 Å². The molecule has 2 atom stereocenters. The molecule has 2 amide bonds. The maximum atomic E-state index is 14.5. The number of anilines is 2. The summed E-state index contributed by atoms with van der Waals surface area (Å²) in [6.45, 7) is 12.1. The van der Waals surface area contributed by atoms with Crippen molar-refractivity contribution in [2.75, 3.05) is 23.3 Å². The zero-order valence-corrected chi connectivity index (χ0v) is 22.6.